The molecule has 0 saturated heterocycles. The molecule has 1 fully saturated rings. The maximum absolute atomic E-state index is 15.2. The summed E-state index contributed by atoms with van der Waals surface area (Å²) in [5, 5.41) is 12.9. The Labute approximate surface area is 232 Å². The molecule has 12 heteroatoms. The minimum absolute atomic E-state index is 0.0553. The number of nitrogens with two attached hydrogens (primary N) is 1. The zero-order valence-corrected chi connectivity index (χ0v) is 22.1. The number of carbonyl (C=O) groups excluding carboxylic acids is 2. The summed E-state index contributed by atoms with van der Waals surface area (Å²) in [5.74, 6) is -6.42. The minimum Gasteiger partial charge on any atom is -0.461 e. The topological polar surface area (TPSA) is 135 Å². The number of nitrogens with one attached hydrogen (secondary N) is 2. The lowest BCUT2D eigenvalue weighted by Gasteiger charge is -2.22. The number of aliphatic hydroxyl groups excluding tert-OH is 1. The van der Waals surface area contributed by atoms with Crippen LogP contribution >= 0.6 is 0 Å². The highest BCUT2D eigenvalue weighted by atomic mass is 19.1. The van der Waals surface area contributed by atoms with Crippen LogP contribution in [0.5, 0.6) is 0 Å². The number of anilines is 1. The van der Waals surface area contributed by atoms with E-state index in [1.807, 2.05) is 0 Å². The van der Waals surface area contributed by atoms with E-state index in [0.717, 1.165) is 56.0 Å². The van der Waals surface area contributed by atoms with Gasteiger partial charge >= 0.3 is 5.97 Å². The fourth-order valence-electron chi connectivity index (χ4n) is 4.83. The maximum atomic E-state index is 15.2. The van der Waals surface area contributed by atoms with Gasteiger partial charge < -0.3 is 25.9 Å². The third-order valence-electron chi connectivity index (χ3n) is 6.96. The van der Waals surface area contributed by atoms with E-state index < -0.39 is 80.8 Å². The Morgan fingerprint density at radius 2 is 1.71 bits per heavy atom. The fourth-order valence-corrected chi connectivity index (χ4v) is 4.83. The second kappa shape index (κ2) is 12.6. The highest BCUT2D eigenvalue weighted by molar-refractivity contribution is 6.12. The van der Waals surface area contributed by atoms with Gasteiger partial charge in [0, 0.05) is 12.6 Å². The average molecular weight is 576 g/mol. The third-order valence-corrected chi connectivity index (χ3v) is 6.96. The molecule has 1 saturated carbocycles. The van der Waals surface area contributed by atoms with Gasteiger partial charge in [-0.25, -0.2) is 17.6 Å². The second-order valence-electron chi connectivity index (χ2n) is 9.99. The van der Waals surface area contributed by atoms with Crippen LogP contribution < -0.4 is 16.6 Å². The van der Waals surface area contributed by atoms with Crippen LogP contribution in [-0.2, 0) is 16.0 Å². The molecule has 1 aromatic heterocycles. The number of aromatic nitrogens is 1. The Morgan fingerprint density at radius 3 is 2.32 bits per heavy atom. The minimum atomic E-state index is -1.18. The van der Waals surface area contributed by atoms with Gasteiger partial charge in [-0.15, -0.1) is 0 Å². The second-order valence-corrected chi connectivity index (χ2v) is 9.99. The number of nitrogen functional groups attached to an aromatic ring is 1. The molecule has 41 heavy (non-hydrogen) atoms. The van der Waals surface area contributed by atoms with Crippen molar-refractivity contribution in [1.82, 2.24) is 10.3 Å². The van der Waals surface area contributed by atoms with Gasteiger partial charge in [0.2, 0.25) is 0 Å². The molecule has 8 nitrogen and oxygen atoms in total. The Bertz CT molecular complexity index is 1500. The van der Waals surface area contributed by atoms with Crippen LogP contribution in [0.3, 0.4) is 0 Å². The highest BCUT2D eigenvalue weighted by Gasteiger charge is 2.29. The number of aliphatic hydroxyl groups is 1. The number of carbonyl (C=O) groups is 2. The molecule has 0 radical (unpaired) electrons. The molecular weight excluding hydrogens is 546 g/mol. The van der Waals surface area contributed by atoms with Gasteiger partial charge in [0.1, 0.15) is 41.2 Å². The van der Waals surface area contributed by atoms with Crippen molar-refractivity contribution in [3.8, 4) is 11.1 Å². The molecule has 5 N–H and O–H groups in total. The van der Waals surface area contributed by atoms with E-state index in [4.69, 9.17) is 10.5 Å². The van der Waals surface area contributed by atoms with Gasteiger partial charge in [0.05, 0.1) is 28.4 Å². The first-order valence-electron chi connectivity index (χ1n) is 13.1. The number of pyridine rings is 1. The van der Waals surface area contributed by atoms with Crippen molar-refractivity contribution in [2.45, 2.75) is 57.3 Å². The number of hydrogen-bond donors (Lipinski definition) is 4. The summed E-state index contributed by atoms with van der Waals surface area (Å²) >= 11 is 0. The number of halogens is 4. The number of ether oxygens (including phenoxy) is 1. The van der Waals surface area contributed by atoms with Crippen LogP contribution in [0.4, 0.5) is 23.4 Å². The molecule has 4 rings (SSSR count). The Kier molecular flexibility index (Phi) is 9.24. The van der Waals surface area contributed by atoms with E-state index in [-0.39, 0.29) is 24.6 Å². The molecule has 0 amide bonds. The van der Waals surface area contributed by atoms with Crippen molar-refractivity contribution >= 4 is 17.6 Å². The Hall–Kier alpha value is -4.03. The number of hydrogen-bond acceptors (Lipinski definition) is 7. The molecule has 0 spiro atoms. The molecule has 0 aliphatic heterocycles. The first-order valence-corrected chi connectivity index (χ1v) is 13.1. The summed E-state index contributed by atoms with van der Waals surface area (Å²) < 4.78 is 63.2. The number of esters is 1. The third kappa shape index (κ3) is 6.83. The summed E-state index contributed by atoms with van der Waals surface area (Å²) in [5.41, 5.74) is 2.63. The first-order chi connectivity index (χ1) is 19.5. The highest BCUT2D eigenvalue weighted by Crippen LogP contribution is 2.28. The van der Waals surface area contributed by atoms with E-state index in [0.29, 0.717) is 6.07 Å². The lowest BCUT2D eigenvalue weighted by Crippen LogP contribution is -2.47. The van der Waals surface area contributed by atoms with E-state index in [1.165, 1.54) is 6.92 Å². The van der Waals surface area contributed by atoms with Crippen molar-refractivity contribution in [3.05, 3.63) is 86.7 Å². The SMILES string of the molecule is C[C@@H](O)[C@H](NCCc1cc(F)c(-c2cc(C(=O)c3ccc(F)cc3F)c(N)[nH]c2=O)c(F)c1)C(=O)OC1CCCC1. The Morgan fingerprint density at radius 1 is 1.05 bits per heavy atom. The molecule has 1 heterocycles. The van der Waals surface area contributed by atoms with E-state index in [9.17, 15) is 28.3 Å². The fraction of sp³-hybridized carbons (Fsp3) is 0.345. The predicted octanol–water partition coefficient (Wildman–Crippen LogP) is 3.78. The van der Waals surface area contributed by atoms with Gasteiger partial charge in [-0.1, -0.05) is 0 Å². The van der Waals surface area contributed by atoms with Crippen molar-refractivity contribution in [2.24, 2.45) is 0 Å². The normalized spacial score (nSPS) is 15.1. The van der Waals surface area contributed by atoms with Crippen LogP contribution in [-0.4, -0.2) is 46.6 Å². The van der Waals surface area contributed by atoms with E-state index in [1.54, 1.807) is 0 Å². The summed E-state index contributed by atoms with van der Waals surface area (Å²) in [4.78, 5) is 40.1. The molecule has 3 aromatic rings. The zero-order chi connectivity index (χ0) is 29.8. The van der Waals surface area contributed by atoms with Crippen molar-refractivity contribution in [1.29, 1.82) is 0 Å². The summed E-state index contributed by atoms with van der Waals surface area (Å²) in [6, 6.07) is 4.04. The standard InChI is InChI=1S/C29H29F4N3O5/c1-14(37)25(29(40)41-17-4-2-3-5-17)35-9-8-15-10-22(32)24(23(33)11-15)19-13-20(27(34)36-28(19)39)26(38)18-7-6-16(30)12-21(18)31/h6-7,10-14,17,25,35,37H,2-5,8-9H2,1H3,(H3,34,36,39)/t14-,25+/m1/s1. The monoisotopic (exact) mass is 575 g/mol. The smallest absolute Gasteiger partial charge is 0.326 e. The van der Waals surface area contributed by atoms with E-state index in [2.05, 4.69) is 10.3 Å². The van der Waals surface area contributed by atoms with Crippen LogP contribution in [0.15, 0.2) is 41.2 Å². The molecule has 218 valence electrons. The predicted molar refractivity (Wildman–Crippen MR) is 142 cm³/mol. The zero-order valence-electron chi connectivity index (χ0n) is 22.1. The first kappa shape index (κ1) is 29.9. The van der Waals surface area contributed by atoms with Crippen molar-refractivity contribution in [3.63, 3.8) is 0 Å². The number of aromatic amines is 1. The summed E-state index contributed by atoms with van der Waals surface area (Å²) in [7, 11) is 0. The maximum Gasteiger partial charge on any atom is 0.326 e. The lowest BCUT2D eigenvalue weighted by atomic mass is 9.97. The molecule has 0 unspecified atom stereocenters. The van der Waals surface area contributed by atoms with Gasteiger partial charge in [0.15, 0.2) is 5.78 Å². The lowest BCUT2D eigenvalue weighted by molar-refractivity contribution is -0.154. The number of ketones is 1. The molecule has 2 atom stereocenters. The largest absolute Gasteiger partial charge is 0.461 e. The average Bonchev–Trinajstić information content (AvgIpc) is 3.39. The number of rotatable bonds is 10. The quantitative estimate of drug-likeness (QED) is 0.164. The van der Waals surface area contributed by atoms with Crippen LogP contribution in [0.1, 0.15) is 54.1 Å². The number of H-pyrrole nitrogens is 1. The molecule has 2 aromatic carbocycles. The van der Waals surface area contributed by atoms with Gasteiger partial charge in [-0.2, -0.15) is 0 Å². The van der Waals surface area contributed by atoms with Gasteiger partial charge in [-0.3, -0.25) is 14.4 Å². The Balaban J connectivity index is 1.53. The van der Waals surface area contributed by atoms with Crippen molar-refractivity contribution in [2.75, 3.05) is 12.3 Å². The van der Waals surface area contributed by atoms with Crippen molar-refractivity contribution < 1.29 is 37.0 Å². The van der Waals surface area contributed by atoms with Crippen LogP contribution in [0.2, 0.25) is 0 Å². The molecule has 0 bridgehead atoms. The summed E-state index contributed by atoms with van der Waals surface area (Å²) in [6.07, 6.45) is 2.24. The molecule has 1 aliphatic carbocycles. The molecule has 1 aliphatic rings. The number of benzene rings is 2. The van der Waals surface area contributed by atoms with Crippen LogP contribution in [0.25, 0.3) is 11.1 Å². The van der Waals surface area contributed by atoms with Gasteiger partial charge in [0.25, 0.3) is 5.56 Å². The van der Waals surface area contributed by atoms with E-state index >= 15 is 8.78 Å². The molecular formula is C29H29F4N3O5. The summed E-state index contributed by atoms with van der Waals surface area (Å²) in [6.45, 7) is 1.49. The van der Waals surface area contributed by atoms with Gasteiger partial charge in [-0.05, 0) is 74.9 Å². The van der Waals surface area contributed by atoms with Crippen LogP contribution in [0, 0.1) is 23.3 Å².